The quantitative estimate of drug-likeness (QED) is 0.614. The minimum absolute atomic E-state index is 0.670. The lowest BCUT2D eigenvalue weighted by Gasteiger charge is -2.34. The zero-order valence-corrected chi connectivity index (χ0v) is 9.59. The van der Waals surface area contributed by atoms with Crippen molar-refractivity contribution in [1.29, 1.82) is 0 Å². The highest BCUT2D eigenvalue weighted by Gasteiger charge is 2.19. The third-order valence-electron chi connectivity index (χ3n) is 2.69. The molecule has 0 N–H and O–H groups in total. The van der Waals surface area contributed by atoms with Gasteiger partial charge in [0.15, 0.2) is 0 Å². The van der Waals surface area contributed by atoms with E-state index in [1.807, 2.05) is 0 Å². The molecule has 0 bridgehead atoms. The number of hydrogen-bond donors (Lipinski definition) is 0. The van der Waals surface area contributed by atoms with Crippen LogP contribution in [0.25, 0.3) is 0 Å². The van der Waals surface area contributed by atoms with E-state index in [0.717, 1.165) is 12.0 Å². The summed E-state index contributed by atoms with van der Waals surface area (Å²) in [5, 5.41) is 0. The van der Waals surface area contributed by atoms with Crippen molar-refractivity contribution in [3.8, 4) is 0 Å². The lowest BCUT2D eigenvalue weighted by Crippen LogP contribution is -2.40. The van der Waals surface area contributed by atoms with E-state index in [0.29, 0.717) is 6.04 Å². The summed E-state index contributed by atoms with van der Waals surface area (Å²) >= 11 is 0. The Labute approximate surface area is 78.1 Å². The molecule has 1 nitrogen and oxygen atoms in total. The summed E-state index contributed by atoms with van der Waals surface area (Å²) in [4.78, 5) is 2.49. The molecule has 1 heteroatoms. The van der Waals surface area contributed by atoms with Crippen LogP contribution in [0.1, 0.15) is 47.5 Å². The Morgan fingerprint density at radius 2 is 1.58 bits per heavy atom. The predicted molar refractivity (Wildman–Crippen MR) is 56.4 cm³/mol. The van der Waals surface area contributed by atoms with Gasteiger partial charge in [-0.15, -0.1) is 0 Å². The molecule has 0 rings (SSSR count). The van der Waals surface area contributed by atoms with E-state index >= 15 is 0 Å². The minimum Gasteiger partial charge on any atom is -0.301 e. The standard InChI is InChI=1S/C11H25N/c1-7-8-11(9(2)3)12(6)10(4)5/h9-11H,7-8H2,1-6H3. The molecule has 0 aliphatic carbocycles. The molecule has 0 aromatic rings. The van der Waals surface area contributed by atoms with E-state index in [9.17, 15) is 0 Å². The largest absolute Gasteiger partial charge is 0.301 e. The SMILES string of the molecule is CCCC(C(C)C)N(C)C(C)C. The summed E-state index contributed by atoms with van der Waals surface area (Å²) < 4.78 is 0. The first kappa shape index (κ1) is 12.0. The molecule has 0 aromatic heterocycles. The van der Waals surface area contributed by atoms with Crippen LogP contribution in [0.3, 0.4) is 0 Å². The van der Waals surface area contributed by atoms with Gasteiger partial charge in [0.1, 0.15) is 0 Å². The summed E-state index contributed by atoms with van der Waals surface area (Å²) in [5.41, 5.74) is 0. The lowest BCUT2D eigenvalue weighted by atomic mass is 9.97. The third kappa shape index (κ3) is 3.57. The molecule has 0 spiro atoms. The van der Waals surface area contributed by atoms with Gasteiger partial charge < -0.3 is 4.90 Å². The summed E-state index contributed by atoms with van der Waals surface area (Å²) in [5.74, 6) is 0.775. The maximum absolute atomic E-state index is 2.49. The Hall–Kier alpha value is -0.0400. The number of hydrogen-bond acceptors (Lipinski definition) is 1. The Kier molecular flexibility index (Phi) is 5.56. The Balaban J connectivity index is 4.09. The van der Waals surface area contributed by atoms with E-state index in [4.69, 9.17) is 0 Å². The molecule has 0 heterocycles. The fourth-order valence-corrected chi connectivity index (χ4v) is 1.69. The summed E-state index contributed by atoms with van der Waals surface area (Å²) in [6.07, 6.45) is 2.62. The lowest BCUT2D eigenvalue weighted by molar-refractivity contribution is 0.144. The van der Waals surface area contributed by atoms with Crippen LogP contribution in [-0.4, -0.2) is 24.0 Å². The second-order valence-corrected chi connectivity index (χ2v) is 4.36. The molecule has 0 radical (unpaired) electrons. The minimum atomic E-state index is 0.670. The molecule has 1 atom stereocenters. The average molecular weight is 171 g/mol. The van der Waals surface area contributed by atoms with Gasteiger partial charge in [-0.25, -0.2) is 0 Å². The highest BCUT2D eigenvalue weighted by molar-refractivity contribution is 4.73. The highest BCUT2D eigenvalue weighted by atomic mass is 15.1. The molecule has 0 aliphatic heterocycles. The normalized spacial score (nSPS) is 14.8. The smallest absolute Gasteiger partial charge is 0.0118 e. The zero-order chi connectivity index (χ0) is 9.72. The van der Waals surface area contributed by atoms with E-state index in [1.54, 1.807) is 0 Å². The monoisotopic (exact) mass is 171 g/mol. The Morgan fingerprint density at radius 3 is 1.83 bits per heavy atom. The molecule has 0 aromatic carbocycles. The van der Waals surface area contributed by atoms with Crippen molar-refractivity contribution in [1.82, 2.24) is 4.90 Å². The molecular formula is C11H25N. The van der Waals surface area contributed by atoms with Crippen molar-refractivity contribution >= 4 is 0 Å². The van der Waals surface area contributed by atoms with Gasteiger partial charge in [-0.05, 0) is 33.2 Å². The van der Waals surface area contributed by atoms with E-state index < -0.39 is 0 Å². The van der Waals surface area contributed by atoms with E-state index in [2.05, 4.69) is 46.6 Å². The fraction of sp³-hybridized carbons (Fsp3) is 1.00. The molecule has 12 heavy (non-hydrogen) atoms. The van der Waals surface area contributed by atoms with Gasteiger partial charge in [0.05, 0.1) is 0 Å². The highest BCUT2D eigenvalue weighted by Crippen LogP contribution is 2.16. The van der Waals surface area contributed by atoms with Crippen LogP contribution >= 0.6 is 0 Å². The predicted octanol–water partition coefficient (Wildman–Crippen LogP) is 3.15. The first-order valence-corrected chi connectivity index (χ1v) is 5.22. The van der Waals surface area contributed by atoms with E-state index in [-0.39, 0.29) is 0 Å². The second-order valence-electron chi connectivity index (χ2n) is 4.36. The van der Waals surface area contributed by atoms with Gasteiger partial charge in [0.25, 0.3) is 0 Å². The number of rotatable bonds is 5. The van der Waals surface area contributed by atoms with Crippen molar-refractivity contribution in [2.24, 2.45) is 5.92 Å². The van der Waals surface area contributed by atoms with Crippen molar-refractivity contribution in [3.63, 3.8) is 0 Å². The van der Waals surface area contributed by atoms with Gasteiger partial charge in [0.2, 0.25) is 0 Å². The summed E-state index contributed by atoms with van der Waals surface area (Å²) in [6.45, 7) is 11.4. The van der Waals surface area contributed by atoms with Gasteiger partial charge in [-0.3, -0.25) is 0 Å². The fourth-order valence-electron chi connectivity index (χ4n) is 1.69. The van der Waals surface area contributed by atoms with Crippen LogP contribution in [-0.2, 0) is 0 Å². The Morgan fingerprint density at radius 1 is 1.08 bits per heavy atom. The van der Waals surface area contributed by atoms with Gasteiger partial charge >= 0.3 is 0 Å². The van der Waals surface area contributed by atoms with Crippen molar-refractivity contribution in [3.05, 3.63) is 0 Å². The van der Waals surface area contributed by atoms with E-state index in [1.165, 1.54) is 12.8 Å². The maximum atomic E-state index is 2.49. The zero-order valence-electron chi connectivity index (χ0n) is 9.59. The van der Waals surface area contributed by atoms with Gasteiger partial charge in [-0.2, -0.15) is 0 Å². The molecule has 1 unspecified atom stereocenters. The molecule has 0 saturated heterocycles. The molecule has 0 amide bonds. The first-order chi connectivity index (χ1) is 5.50. The van der Waals surface area contributed by atoms with Crippen LogP contribution in [0.15, 0.2) is 0 Å². The summed E-state index contributed by atoms with van der Waals surface area (Å²) in [7, 11) is 2.24. The molecule has 0 fully saturated rings. The third-order valence-corrected chi connectivity index (χ3v) is 2.69. The van der Waals surface area contributed by atoms with Crippen LogP contribution in [0.2, 0.25) is 0 Å². The second kappa shape index (κ2) is 5.58. The molecule has 0 aliphatic rings. The Bertz CT molecular complexity index is 108. The van der Waals surface area contributed by atoms with Crippen molar-refractivity contribution in [2.45, 2.75) is 59.5 Å². The van der Waals surface area contributed by atoms with Crippen LogP contribution in [0.5, 0.6) is 0 Å². The van der Waals surface area contributed by atoms with Gasteiger partial charge in [-0.1, -0.05) is 27.2 Å². The van der Waals surface area contributed by atoms with Crippen LogP contribution < -0.4 is 0 Å². The number of nitrogens with zero attached hydrogens (tertiary/aromatic N) is 1. The molecule has 0 saturated carbocycles. The van der Waals surface area contributed by atoms with Crippen molar-refractivity contribution < 1.29 is 0 Å². The molecule has 74 valence electrons. The summed E-state index contributed by atoms with van der Waals surface area (Å²) in [6, 6.07) is 1.43. The maximum Gasteiger partial charge on any atom is 0.0118 e. The van der Waals surface area contributed by atoms with Gasteiger partial charge in [0, 0.05) is 12.1 Å². The topological polar surface area (TPSA) is 3.24 Å². The van der Waals surface area contributed by atoms with Crippen LogP contribution in [0, 0.1) is 5.92 Å². The van der Waals surface area contributed by atoms with Crippen LogP contribution in [0.4, 0.5) is 0 Å². The molecular weight excluding hydrogens is 146 g/mol. The van der Waals surface area contributed by atoms with Crippen molar-refractivity contribution in [2.75, 3.05) is 7.05 Å². The first-order valence-electron chi connectivity index (χ1n) is 5.22. The average Bonchev–Trinajstić information content (AvgIpc) is 1.98.